The van der Waals surface area contributed by atoms with Crippen LogP contribution in [0.3, 0.4) is 0 Å². The number of hydrogen-bond donors (Lipinski definition) is 1. The van der Waals surface area contributed by atoms with Gasteiger partial charge in [0.05, 0.1) is 21.6 Å². The van der Waals surface area contributed by atoms with Gasteiger partial charge in [0.15, 0.2) is 0 Å². The first-order chi connectivity index (χ1) is 10.4. The number of nitrogens with zero attached hydrogens (tertiary/aromatic N) is 1. The molecule has 114 valence electrons. The van der Waals surface area contributed by atoms with Crippen molar-refractivity contribution < 1.29 is 9.72 Å². The predicted octanol–water partition coefficient (Wildman–Crippen LogP) is 4.39. The number of rotatable bonds is 4. The molecule has 7 heteroatoms. The highest BCUT2D eigenvalue weighted by Gasteiger charge is 2.17. The van der Waals surface area contributed by atoms with Gasteiger partial charge in [-0.05, 0) is 30.7 Å². The van der Waals surface area contributed by atoms with Crippen molar-refractivity contribution in [3.8, 4) is 0 Å². The van der Waals surface area contributed by atoms with Gasteiger partial charge in [0.2, 0.25) is 0 Å². The van der Waals surface area contributed by atoms with Crippen molar-refractivity contribution in [3.05, 3.63) is 73.8 Å². The van der Waals surface area contributed by atoms with Crippen LogP contribution in [0.2, 0.25) is 10.0 Å². The Labute approximate surface area is 137 Å². The lowest BCUT2D eigenvalue weighted by molar-refractivity contribution is -0.384. The van der Waals surface area contributed by atoms with E-state index in [2.05, 4.69) is 5.32 Å². The van der Waals surface area contributed by atoms with Crippen molar-refractivity contribution in [2.45, 2.75) is 13.0 Å². The molecule has 0 saturated heterocycles. The summed E-state index contributed by atoms with van der Waals surface area (Å²) in [4.78, 5) is 22.3. The summed E-state index contributed by atoms with van der Waals surface area (Å²) in [6.45, 7) is 1.81. The number of carbonyl (C=O) groups excluding carboxylic acids is 1. The Balaban J connectivity index is 2.17. The molecule has 1 atom stereocenters. The fraction of sp³-hybridized carbons (Fsp3) is 0.133. The Morgan fingerprint density at radius 2 is 1.95 bits per heavy atom. The Morgan fingerprint density at radius 3 is 2.55 bits per heavy atom. The van der Waals surface area contributed by atoms with Crippen molar-refractivity contribution in [3.63, 3.8) is 0 Å². The van der Waals surface area contributed by atoms with Gasteiger partial charge in [0, 0.05) is 17.2 Å². The molecule has 0 aliphatic carbocycles. The number of amides is 1. The van der Waals surface area contributed by atoms with E-state index in [1.54, 1.807) is 18.2 Å². The van der Waals surface area contributed by atoms with Gasteiger partial charge in [-0.15, -0.1) is 0 Å². The zero-order valence-electron chi connectivity index (χ0n) is 11.5. The van der Waals surface area contributed by atoms with Crippen LogP contribution in [0.1, 0.15) is 28.9 Å². The topological polar surface area (TPSA) is 72.2 Å². The molecule has 0 aliphatic heterocycles. The van der Waals surface area contributed by atoms with Crippen molar-refractivity contribution in [1.29, 1.82) is 0 Å². The summed E-state index contributed by atoms with van der Waals surface area (Å²) < 4.78 is 0. The highest BCUT2D eigenvalue weighted by molar-refractivity contribution is 6.34. The molecule has 2 rings (SSSR count). The maximum atomic E-state index is 12.2. The van der Waals surface area contributed by atoms with Crippen LogP contribution in [0.4, 0.5) is 5.69 Å². The SMILES string of the molecule is C[C@@H](NC(=O)c1ccc([N+](=O)[O-])cc1Cl)c1cccc(Cl)c1. The number of benzene rings is 2. The summed E-state index contributed by atoms with van der Waals surface area (Å²) in [7, 11) is 0. The van der Waals surface area contributed by atoms with Crippen molar-refractivity contribution in [1.82, 2.24) is 5.32 Å². The lowest BCUT2D eigenvalue weighted by Crippen LogP contribution is -2.26. The lowest BCUT2D eigenvalue weighted by atomic mass is 10.1. The first-order valence-corrected chi connectivity index (χ1v) is 7.14. The number of halogens is 2. The number of non-ortho nitro benzene ring substituents is 1. The average Bonchev–Trinajstić information content (AvgIpc) is 2.46. The van der Waals surface area contributed by atoms with Gasteiger partial charge in [-0.1, -0.05) is 35.3 Å². The predicted molar refractivity (Wildman–Crippen MR) is 85.4 cm³/mol. The first kappa shape index (κ1) is 16.3. The quantitative estimate of drug-likeness (QED) is 0.663. The van der Waals surface area contributed by atoms with Gasteiger partial charge in [-0.25, -0.2) is 0 Å². The van der Waals surface area contributed by atoms with E-state index in [1.165, 1.54) is 12.1 Å². The number of carbonyl (C=O) groups is 1. The van der Waals surface area contributed by atoms with Crippen molar-refractivity contribution in [2.75, 3.05) is 0 Å². The average molecular weight is 339 g/mol. The third-order valence-corrected chi connectivity index (χ3v) is 3.65. The third-order valence-electron chi connectivity index (χ3n) is 3.10. The fourth-order valence-corrected chi connectivity index (χ4v) is 2.39. The van der Waals surface area contributed by atoms with Gasteiger partial charge in [-0.2, -0.15) is 0 Å². The van der Waals surface area contributed by atoms with Crippen LogP contribution in [0.25, 0.3) is 0 Å². The second-order valence-electron chi connectivity index (χ2n) is 4.67. The first-order valence-electron chi connectivity index (χ1n) is 6.38. The standard InChI is InChI=1S/C15H12Cl2N2O3/c1-9(10-3-2-4-11(16)7-10)18-15(20)13-6-5-12(19(21)22)8-14(13)17/h2-9H,1H3,(H,18,20)/t9-/m1/s1. The van der Waals surface area contributed by atoms with Crippen molar-refractivity contribution in [2.24, 2.45) is 0 Å². The summed E-state index contributed by atoms with van der Waals surface area (Å²) >= 11 is 11.9. The maximum Gasteiger partial charge on any atom is 0.270 e. The number of nitrogens with one attached hydrogen (secondary N) is 1. The third kappa shape index (κ3) is 3.75. The van der Waals surface area contributed by atoms with E-state index < -0.39 is 10.8 Å². The van der Waals surface area contributed by atoms with Crippen LogP contribution in [-0.2, 0) is 0 Å². The van der Waals surface area contributed by atoms with Gasteiger partial charge in [0.1, 0.15) is 0 Å². The highest BCUT2D eigenvalue weighted by Crippen LogP contribution is 2.24. The fourth-order valence-electron chi connectivity index (χ4n) is 1.94. The van der Waals surface area contributed by atoms with Crippen LogP contribution in [0, 0.1) is 10.1 Å². The zero-order valence-corrected chi connectivity index (χ0v) is 13.1. The Bertz CT molecular complexity index is 734. The normalized spacial score (nSPS) is 11.8. The Kier molecular flexibility index (Phi) is 5.00. The van der Waals surface area contributed by atoms with E-state index in [-0.39, 0.29) is 22.3 Å². The van der Waals surface area contributed by atoms with Crippen LogP contribution < -0.4 is 5.32 Å². The molecular weight excluding hydrogens is 327 g/mol. The summed E-state index contributed by atoms with van der Waals surface area (Å²) in [6.07, 6.45) is 0. The molecule has 1 amide bonds. The van der Waals surface area contributed by atoms with E-state index in [9.17, 15) is 14.9 Å². The molecule has 2 aromatic carbocycles. The summed E-state index contributed by atoms with van der Waals surface area (Å²) in [6, 6.07) is 10.6. The van der Waals surface area contributed by atoms with Gasteiger partial charge in [-0.3, -0.25) is 14.9 Å². The second-order valence-corrected chi connectivity index (χ2v) is 5.52. The molecule has 0 heterocycles. The Hall–Kier alpha value is -2.11. The molecule has 0 unspecified atom stereocenters. The van der Waals surface area contributed by atoms with Crippen molar-refractivity contribution >= 4 is 34.8 Å². The maximum absolute atomic E-state index is 12.2. The van der Waals surface area contributed by atoms with Crippen LogP contribution >= 0.6 is 23.2 Å². The van der Waals surface area contributed by atoms with E-state index in [4.69, 9.17) is 23.2 Å². The lowest BCUT2D eigenvalue weighted by Gasteiger charge is -2.15. The molecule has 0 radical (unpaired) electrons. The zero-order chi connectivity index (χ0) is 16.3. The van der Waals surface area contributed by atoms with E-state index >= 15 is 0 Å². The molecule has 1 N–H and O–H groups in total. The van der Waals surface area contributed by atoms with Crippen LogP contribution in [-0.4, -0.2) is 10.8 Å². The van der Waals surface area contributed by atoms with Gasteiger partial charge >= 0.3 is 0 Å². The minimum atomic E-state index is -0.567. The molecule has 0 fully saturated rings. The molecule has 0 saturated carbocycles. The molecule has 0 aromatic heterocycles. The molecule has 0 spiro atoms. The second kappa shape index (κ2) is 6.77. The smallest absolute Gasteiger partial charge is 0.270 e. The molecule has 0 aliphatic rings. The van der Waals surface area contributed by atoms with E-state index in [0.29, 0.717) is 5.02 Å². The highest BCUT2D eigenvalue weighted by atomic mass is 35.5. The summed E-state index contributed by atoms with van der Waals surface area (Å²) in [5.41, 5.74) is 0.865. The number of hydrogen-bond acceptors (Lipinski definition) is 3. The molecular formula is C15H12Cl2N2O3. The largest absolute Gasteiger partial charge is 0.345 e. The van der Waals surface area contributed by atoms with Gasteiger partial charge in [0.25, 0.3) is 11.6 Å². The molecule has 2 aromatic rings. The monoisotopic (exact) mass is 338 g/mol. The molecule has 22 heavy (non-hydrogen) atoms. The Morgan fingerprint density at radius 1 is 1.23 bits per heavy atom. The summed E-state index contributed by atoms with van der Waals surface area (Å²) in [5.74, 6) is -0.410. The molecule has 0 bridgehead atoms. The molecule has 5 nitrogen and oxygen atoms in total. The number of nitro groups is 1. The van der Waals surface area contributed by atoms with Crippen LogP contribution in [0.15, 0.2) is 42.5 Å². The minimum Gasteiger partial charge on any atom is -0.345 e. The van der Waals surface area contributed by atoms with Gasteiger partial charge < -0.3 is 5.32 Å². The number of nitro benzene ring substituents is 1. The minimum absolute atomic E-state index is 0.0324. The van der Waals surface area contributed by atoms with E-state index in [0.717, 1.165) is 11.6 Å². The summed E-state index contributed by atoms with van der Waals surface area (Å²) in [5, 5.41) is 14.0. The van der Waals surface area contributed by atoms with E-state index in [1.807, 2.05) is 13.0 Å². The van der Waals surface area contributed by atoms with Crippen LogP contribution in [0.5, 0.6) is 0 Å².